The summed E-state index contributed by atoms with van der Waals surface area (Å²) in [5, 5.41) is 8.64. The van der Waals surface area contributed by atoms with Crippen LogP contribution < -0.4 is 9.64 Å². The quantitative estimate of drug-likeness (QED) is 0.819. The number of ether oxygens (including phenoxy) is 2. The zero-order chi connectivity index (χ0) is 15.3. The minimum Gasteiger partial charge on any atom is -0.406 e. The molecule has 0 radical (unpaired) electrons. The number of anilines is 1. The molecule has 0 aromatic heterocycles. The Balaban J connectivity index is 2.02. The van der Waals surface area contributed by atoms with Gasteiger partial charge in [0.2, 0.25) is 0 Å². The number of benzene rings is 1. The minimum absolute atomic E-state index is 0.0191. The standard InChI is InChI=1S/C14H18F3NO3/c15-14(16,17)21-12-3-4-13-11(10-12)2-1-5-18(13)6-8-20-9-7-19/h3-4,10,19H,1-2,5-9H2. The molecule has 2 rings (SSSR count). The van der Waals surface area contributed by atoms with Crippen molar-refractivity contribution in [3.05, 3.63) is 23.8 Å². The molecule has 0 amide bonds. The lowest BCUT2D eigenvalue weighted by Gasteiger charge is -2.31. The predicted octanol–water partition coefficient (Wildman–Crippen LogP) is 2.35. The Morgan fingerprint density at radius 2 is 2.05 bits per heavy atom. The lowest BCUT2D eigenvalue weighted by molar-refractivity contribution is -0.274. The highest BCUT2D eigenvalue weighted by atomic mass is 19.4. The number of aliphatic hydroxyl groups is 1. The molecule has 7 heteroatoms. The van der Waals surface area contributed by atoms with Crippen LogP contribution in [0.1, 0.15) is 12.0 Å². The monoisotopic (exact) mass is 305 g/mol. The van der Waals surface area contributed by atoms with Crippen molar-refractivity contribution in [1.29, 1.82) is 0 Å². The van der Waals surface area contributed by atoms with Gasteiger partial charge in [0, 0.05) is 18.8 Å². The summed E-state index contributed by atoms with van der Waals surface area (Å²) in [4.78, 5) is 2.08. The zero-order valence-corrected chi connectivity index (χ0v) is 11.5. The number of alkyl halides is 3. The molecule has 0 saturated heterocycles. The van der Waals surface area contributed by atoms with E-state index in [4.69, 9.17) is 9.84 Å². The van der Waals surface area contributed by atoms with Crippen LogP contribution in [0, 0.1) is 0 Å². The summed E-state index contributed by atoms with van der Waals surface area (Å²) in [5.41, 5.74) is 1.77. The fourth-order valence-corrected chi connectivity index (χ4v) is 2.42. The van der Waals surface area contributed by atoms with Gasteiger partial charge in [0.15, 0.2) is 0 Å². The van der Waals surface area contributed by atoms with Gasteiger partial charge in [0.25, 0.3) is 0 Å². The van der Waals surface area contributed by atoms with Gasteiger partial charge in [0.1, 0.15) is 5.75 Å². The highest BCUT2D eigenvalue weighted by Crippen LogP contribution is 2.32. The number of rotatable bonds is 6. The van der Waals surface area contributed by atoms with Crippen molar-refractivity contribution >= 4 is 5.69 Å². The van der Waals surface area contributed by atoms with E-state index >= 15 is 0 Å². The molecular weight excluding hydrogens is 287 g/mol. The Morgan fingerprint density at radius 3 is 2.76 bits per heavy atom. The molecule has 1 aliphatic heterocycles. The van der Waals surface area contributed by atoms with Gasteiger partial charge in [-0.3, -0.25) is 0 Å². The molecule has 0 saturated carbocycles. The van der Waals surface area contributed by atoms with Crippen LogP contribution in [0.5, 0.6) is 5.75 Å². The van der Waals surface area contributed by atoms with Gasteiger partial charge in [0.05, 0.1) is 19.8 Å². The second-order valence-electron chi connectivity index (χ2n) is 4.76. The minimum atomic E-state index is -4.67. The van der Waals surface area contributed by atoms with Crippen LogP contribution in [0.3, 0.4) is 0 Å². The fourth-order valence-electron chi connectivity index (χ4n) is 2.42. The second kappa shape index (κ2) is 7.00. The van der Waals surface area contributed by atoms with Gasteiger partial charge in [-0.15, -0.1) is 13.2 Å². The number of aliphatic hydroxyl groups excluding tert-OH is 1. The average molecular weight is 305 g/mol. The van der Waals surface area contributed by atoms with Crippen LogP contribution in [-0.2, 0) is 11.2 Å². The maximum Gasteiger partial charge on any atom is 0.573 e. The average Bonchev–Trinajstić information content (AvgIpc) is 2.41. The molecular formula is C14H18F3NO3. The third-order valence-corrected chi connectivity index (χ3v) is 3.24. The van der Waals surface area contributed by atoms with Gasteiger partial charge in [-0.2, -0.15) is 0 Å². The molecule has 1 aromatic rings. The van der Waals surface area contributed by atoms with Gasteiger partial charge >= 0.3 is 6.36 Å². The number of hydrogen-bond donors (Lipinski definition) is 1. The lowest BCUT2D eigenvalue weighted by atomic mass is 10.0. The van der Waals surface area contributed by atoms with Crippen molar-refractivity contribution in [2.24, 2.45) is 0 Å². The van der Waals surface area contributed by atoms with Crippen LogP contribution in [0.25, 0.3) is 0 Å². The van der Waals surface area contributed by atoms with Crippen molar-refractivity contribution in [3.63, 3.8) is 0 Å². The van der Waals surface area contributed by atoms with E-state index in [-0.39, 0.29) is 12.4 Å². The summed E-state index contributed by atoms with van der Waals surface area (Å²) < 4.78 is 45.8. The largest absolute Gasteiger partial charge is 0.573 e. The summed E-state index contributed by atoms with van der Waals surface area (Å²) >= 11 is 0. The molecule has 1 N–H and O–H groups in total. The van der Waals surface area contributed by atoms with Crippen molar-refractivity contribution in [1.82, 2.24) is 0 Å². The summed E-state index contributed by atoms with van der Waals surface area (Å²) in [6, 6.07) is 4.43. The van der Waals surface area contributed by atoms with E-state index in [1.807, 2.05) is 0 Å². The van der Waals surface area contributed by atoms with E-state index in [0.29, 0.717) is 19.8 Å². The number of fused-ring (bicyclic) bond motifs is 1. The Morgan fingerprint density at radius 1 is 1.24 bits per heavy atom. The van der Waals surface area contributed by atoms with E-state index in [1.54, 1.807) is 6.07 Å². The normalized spacial score (nSPS) is 15.0. The van der Waals surface area contributed by atoms with Crippen molar-refractivity contribution in [2.45, 2.75) is 19.2 Å². The van der Waals surface area contributed by atoms with E-state index in [9.17, 15) is 13.2 Å². The predicted molar refractivity (Wildman–Crippen MR) is 71.6 cm³/mol. The molecule has 0 atom stereocenters. The third-order valence-electron chi connectivity index (χ3n) is 3.24. The van der Waals surface area contributed by atoms with Crippen LogP contribution in [0.4, 0.5) is 18.9 Å². The highest BCUT2D eigenvalue weighted by molar-refractivity contribution is 5.58. The molecule has 118 valence electrons. The molecule has 0 fully saturated rings. The van der Waals surface area contributed by atoms with Crippen LogP contribution in [0.15, 0.2) is 18.2 Å². The summed E-state index contributed by atoms with van der Waals surface area (Å²) in [6.07, 6.45) is -3.05. The lowest BCUT2D eigenvalue weighted by Crippen LogP contribution is -2.32. The smallest absolute Gasteiger partial charge is 0.406 e. The summed E-state index contributed by atoms with van der Waals surface area (Å²) in [6.45, 7) is 2.23. The molecule has 1 aromatic carbocycles. The van der Waals surface area contributed by atoms with Gasteiger partial charge in [-0.05, 0) is 36.6 Å². The first-order valence-electron chi connectivity index (χ1n) is 6.82. The number of hydrogen-bond acceptors (Lipinski definition) is 4. The second-order valence-corrected chi connectivity index (χ2v) is 4.76. The Labute approximate surface area is 121 Å². The molecule has 4 nitrogen and oxygen atoms in total. The molecule has 1 aliphatic rings. The molecule has 1 heterocycles. The first kappa shape index (κ1) is 15.9. The van der Waals surface area contributed by atoms with E-state index in [1.165, 1.54) is 12.1 Å². The van der Waals surface area contributed by atoms with Crippen molar-refractivity contribution < 1.29 is 27.8 Å². The molecule has 0 aliphatic carbocycles. The van der Waals surface area contributed by atoms with Gasteiger partial charge in [-0.25, -0.2) is 0 Å². The maximum absolute atomic E-state index is 12.2. The topological polar surface area (TPSA) is 41.9 Å². The van der Waals surface area contributed by atoms with Crippen molar-refractivity contribution in [2.75, 3.05) is 37.8 Å². The number of aryl methyl sites for hydroxylation is 1. The molecule has 21 heavy (non-hydrogen) atoms. The Bertz CT molecular complexity index is 465. The van der Waals surface area contributed by atoms with E-state index in [2.05, 4.69) is 9.64 Å². The maximum atomic E-state index is 12.2. The summed E-state index contributed by atoms with van der Waals surface area (Å²) in [7, 11) is 0. The zero-order valence-electron chi connectivity index (χ0n) is 11.5. The van der Waals surface area contributed by atoms with E-state index in [0.717, 1.165) is 30.6 Å². The Kier molecular flexibility index (Phi) is 5.30. The number of halogens is 3. The van der Waals surface area contributed by atoms with Gasteiger partial charge < -0.3 is 19.5 Å². The van der Waals surface area contributed by atoms with Crippen molar-refractivity contribution in [3.8, 4) is 5.75 Å². The van der Waals surface area contributed by atoms with Crippen LogP contribution in [0.2, 0.25) is 0 Å². The first-order valence-corrected chi connectivity index (χ1v) is 6.82. The summed E-state index contributed by atoms with van der Waals surface area (Å²) in [5.74, 6) is -0.181. The molecule has 0 spiro atoms. The molecule has 0 unspecified atom stereocenters. The Hall–Kier alpha value is -1.47. The first-order chi connectivity index (χ1) is 9.99. The van der Waals surface area contributed by atoms with Gasteiger partial charge in [-0.1, -0.05) is 0 Å². The highest BCUT2D eigenvalue weighted by Gasteiger charge is 2.31. The van der Waals surface area contributed by atoms with Crippen LogP contribution >= 0.6 is 0 Å². The van der Waals surface area contributed by atoms with Crippen LogP contribution in [-0.4, -0.2) is 44.4 Å². The number of nitrogens with zero attached hydrogens (tertiary/aromatic N) is 1. The third kappa shape index (κ3) is 4.78. The van der Waals surface area contributed by atoms with E-state index < -0.39 is 6.36 Å². The SMILES string of the molecule is OCCOCCN1CCCc2cc(OC(F)(F)F)ccc21. The fraction of sp³-hybridized carbons (Fsp3) is 0.571. The molecule has 0 bridgehead atoms.